The number of esters is 1. The third-order valence-corrected chi connectivity index (χ3v) is 4.66. The number of carbonyl (C=O) groups excluding carboxylic acids is 1. The minimum Gasteiger partial charge on any atom is -0.465 e. The van der Waals surface area contributed by atoms with E-state index in [9.17, 15) is 4.79 Å². The number of rotatable bonds is 3. The lowest BCUT2D eigenvalue weighted by atomic mass is 9.44. The molecule has 1 atom stereocenters. The smallest absolute Gasteiger partial charge is 0.313 e. The zero-order chi connectivity index (χ0) is 8.77. The van der Waals surface area contributed by atoms with Crippen molar-refractivity contribution in [1.29, 1.82) is 0 Å². The number of carbonyl (C=O) groups is 1. The Morgan fingerprint density at radius 1 is 1.67 bits per heavy atom. The van der Waals surface area contributed by atoms with Gasteiger partial charge in [0.25, 0.3) is 0 Å². The van der Waals surface area contributed by atoms with Gasteiger partial charge in [0.1, 0.15) is 0 Å². The van der Waals surface area contributed by atoms with Gasteiger partial charge in [-0.25, -0.2) is 0 Å². The van der Waals surface area contributed by atoms with Crippen LogP contribution in [0.25, 0.3) is 0 Å². The van der Waals surface area contributed by atoms with E-state index in [0.717, 1.165) is 25.2 Å². The van der Waals surface area contributed by atoms with Crippen molar-refractivity contribution < 1.29 is 9.53 Å². The second-order valence-corrected chi connectivity index (χ2v) is 4.85. The topological polar surface area (TPSA) is 26.3 Å². The predicted molar refractivity (Wildman–Crippen MR) is 49.1 cm³/mol. The summed E-state index contributed by atoms with van der Waals surface area (Å²) in [5.74, 6) is 0.771. The summed E-state index contributed by atoms with van der Waals surface area (Å²) < 4.78 is 5.14. The van der Waals surface area contributed by atoms with Crippen LogP contribution in [0.3, 0.4) is 0 Å². The molecule has 2 nitrogen and oxygen atoms in total. The standard InChI is InChI=1S/C9H13BrO2/c1-2-3-12-8(11)9-4-6(5-9)7(9)10/h6-7H,2-5H2,1H3. The molecule has 0 N–H and O–H groups in total. The molecule has 0 radical (unpaired) electrons. The van der Waals surface area contributed by atoms with Crippen molar-refractivity contribution in [3.63, 3.8) is 0 Å². The molecule has 0 aromatic rings. The van der Waals surface area contributed by atoms with Crippen LogP contribution >= 0.6 is 15.9 Å². The van der Waals surface area contributed by atoms with E-state index >= 15 is 0 Å². The fraction of sp³-hybridized carbons (Fsp3) is 0.889. The van der Waals surface area contributed by atoms with Gasteiger partial charge >= 0.3 is 5.97 Å². The van der Waals surface area contributed by atoms with Crippen LogP contribution in [-0.2, 0) is 9.53 Å². The van der Waals surface area contributed by atoms with Crippen molar-refractivity contribution in [2.45, 2.75) is 31.0 Å². The number of halogens is 1. The van der Waals surface area contributed by atoms with Crippen molar-refractivity contribution in [1.82, 2.24) is 0 Å². The van der Waals surface area contributed by atoms with Crippen LogP contribution in [0.1, 0.15) is 26.2 Å². The van der Waals surface area contributed by atoms with Crippen LogP contribution in [-0.4, -0.2) is 17.4 Å². The summed E-state index contributed by atoms with van der Waals surface area (Å²) in [6.07, 6.45) is 3.01. The first-order chi connectivity index (χ1) is 5.70. The Hall–Kier alpha value is -0.0500. The van der Waals surface area contributed by atoms with Crippen molar-refractivity contribution in [2.75, 3.05) is 6.61 Å². The summed E-state index contributed by atoms with van der Waals surface area (Å²) in [5.41, 5.74) is -0.111. The van der Waals surface area contributed by atoms with Crippen LogP contribution in [0, 0.1) is 11.3 Å². The molecule has 3 heteroatoms. The molecule has 0 heterocycles. The molecule has 3 aliphatic carbocycles. The Morgan fingerprint density at radius 3 is 2.67 bits per heavy atom. The molecule has 0 aliphatic heterocycles. The highest BCUT2D eigenvalue weighted by atomic mass is 79.9. The van der Waals surface area contributed by atoms with Gasteiger partial charge in [0, 0.05) is 4.83 Å². The fourth-order valence-corrected chi connectivity index (χ4v) is 2.99. The maximum atomic E-state index is 11.5. The van der Waals surface area contributed by atoms with E-state index in [1.165, 1.54) is 0 Å². The first-order valence-electron chi connectivity index (χ1n) is 4.52. The number of alkyl halides is 1. The lowest BCUT2D eigenvalue weighted by molar-refractivity contribution is -0.186. The van der Waals surface area contributed by atoms with E-state index in [4.69, 9.17) is 4.74 Å². The van der Waals surface area contributed by atoms with Crippen molar-refractivity contribution >= 4 is 21.9 Å². The quantitative estimate of drug-likeness (QED) is 0.551. The van der Waals surface area contributed by atoms with Crippen molar-refractivity contribution in [3.8, 4) is 0 Å². The largest absolute Gasteiger partial charge is 0.465 e. The molecule has 3 rings (SSSR count). The van der Waals surface area contributed by atoms with E-state index in [0.29, 0.717) is 11.4 Å². The Kier molecular flexibility index (Phi) is 1.94. The van der Waals surface area contributed by atoms with E-state index in [1.54, 1.807) is 0 Å². The average Bonchev–Trinajstić information content (AvgIpc) is 1.98. The van der Waals surface area contributed by atoms with E-state index in [1.807, 2.05) is 6.92 Å². The lowest BCUT2D eigenvalue weighted by Crippen LogP contribution is -2.67. The molecule has 3 fully saturated rings. The van der Waals surface area contributed by atoms with Crippen LogP contribution in [0.5, 0.6) is 0 Å². The lowest BCUT2D eigenvalue weighted by Gasteiger charge is -2.63. The van der Waals surface area contributed by atoms with Gasteiger partial charge in [-0.15, -0.1) is 0 Å². The summed E-state index contributed by atoms with van der Waals surface area (Å²) in [6.45, 7) is 2.59. The highest BCUT2D eigenvalue weighted by Crippen LogP contribution is 2.68. The summed E-state index contributed by atoms with van der Waals surface area (Å²) >= 11 is 3.52. The molecule has 0 spiro atoms. The number of hydrogen-bond acceptors (Lipinski definition) is 2. The molecule has 0 aromatic carbocycles. The normalized spacial score (nSPS) is 42.8. The molecule has 0 amide bonds. The molecule has 2 bridgehead atoms. The maximum Gasteiger partial charge on any atom is 0.313 e. The van der Waals surface area contributed by atoms with Gasteiger partial charge in [-0.05, 0) is 25.2 Å². The van der Waals surface area contributed by atoms with Crippen molar-refractivity contribution in [2.24, 2.45) is 11.3 Å². The highest BCUT2D eigenvalue weighted by molar-refractivity contribution is 9.09. The molecule has 0 saturated heterocycles. The molecule has 3 saturated carbocycles. The minimum atomic E-state index is -0.111. The van der Waals surface area contributed by atoms with Gasteiger partial charge in [-0.1, -0.05) is 22.9 Å². The maximum absolute atomic E-state index is 11.5. The summed E-state index contributed by atoms with van der Waals surface area (Å²) in [4.78, 5) is 11.9. The second kappa shape index (κ2) is 2.72. The summed E-state index contributed by atoms with van der Waals surface area (Å²) in [6, 6.07) is 0. The van der Waals surface area contributed by atoms with Crippen LogP contribution in [0.2, 0.25) is 0 Å². The summed E-state index contributed by atoms with van der Waals surface area (Å²) in [7, 11) is 0. The molecule has 3 aliphatic rings. The molecule has 0 aromatic heterocycles. The third-order valence-electron chi connectivity index (χ3n) is 3.04. The van der Waals surface area contributed by atoms with Gasteiger partial charge < -0.3 is 4.74 Å². The number of hydrogen-bond donors (Lipinski definition) is 0. The van der Waals surface area contributed by atoms with E-state index in [2.05, 4.69) is 15.9 Å². The van der Waals surface area contributed by atoms with E-state index < -0.39 is 0 Å². The van der Waals surface area contributed by atoms with Gasteiger partial charge in [0.2, 0.25) is 0 Å². The molecule has 1 unspecified atom stereocenters. The fourth-order valence-electron chi connectivity index (χ4n) is 2.06. The molecule has 68 valence electrons. The van der Waals surface area contributed by atoms with Crippen molar-refractivity contribution in [3.05, 3.63) is 0 Å². The molecular weight excluding hydrogens is 220 g/mol. The monoisotopic (exact) mass is 232 g/mol. The molecule has 12 heavy (non-hydrogen) atoms. The van der Waals surface area contributed by atoms with Gasteiger partial charge in [0.05, 0.1) is 12.0 Å². The first-order valence-corrected chi connectivity index (χ1v) is 5.43. The first kappa shape index (κ1) is 8.54. The zero-order valence-corrected chi connectivity index (χ0v) is 8.76. The van der Waals surface area contributed by atoms with E-state index in [-0.39, 0.29) is 11.4 Å². The Morgan fingerprint density at radius 2 is 2.33 bits per heavy atom. The zero-order valence-electron chi connectivity index (χ0n) is 7.18. The van der Waals surface area contributed by atoms with Crippen LogP contribution in [0.4, 0.5) is 0 Å². The minimum absolute atomic E-state index is 0.0220. The Balaban J connectivity index is 1.88. The van der Waals surface area contributed by atoms with Gasteiger partial charge in [-0.3, -0.25) is 4.79 Å². The Bertz CT molecular complexity index is 209. The van der Waals surface area contributed by atoms with Gasteiger partial charge in [-0.2, -0.15) is 0 Å². The highest BCUT2D eigenvalue weighted by Gasteiger charge is 2.69. The van der Waals surface area contributed by atoms with Gasteiger partial charge in [0.15, 0.2) is 0 Å². The van der Waals surface area contributed by atoms with Crippen LogP contribution in [0.15, 0.2) is 0 Å². The molecular formula is C9H13BrO2. The third kappa shape index (κ3) is 0.889. The predicted octanol–water partition coefficient (Wildman–Crippen LogP) is 2.11. The Labute approximate surface area is 80.8 Å². The summed E-state index contributed by atoms with van der Waals surface area (Å²) in [5, 5.41) is 0. The number of ether oxygens (including phenoxy) is 1. The van der Waals surface area contributed by atoms with Crippen LogP contribution < -0.4 is 0 Å². The second-order valence-electron chi connectivity index (χ2n) is 3.86. The SMILES string of the molecule is CCCOC(=O)C12CC(C1)C2Br. The average molecular weight is 233 g/mol.